The number of carbonyl (C=O) groups excluding carboxylic acids is 1. The normalized spacial score (nSPS) is 21.1. The second-order valence-electron chi connectivity index (χ2n) is 8.12. The maximum Gasteiger partial charge on any atom is 0.251 e. The van der Waals surface area contributed by atoms with Gasteiger partial charge in [-0.1, -0.05) is 36.4 Å². The SMILES string of the molecule is CC(NC1CCC(O)CC1)[C@H](NC(=O)c1ccc2cncnc2c1)c1ccccc1. The number of nitrogens with one attached hydrogen (secondary N) is 2. The van der Waals surface area contributed by atoms with Gasteiger partial charge in [-0.25, -0.2) is 9.97 Å². The third kappa shape index (κ3) is 4.83. The third-order valence-electron chi connectivity index (χ3n) is 5.91. The zero-order chi connectivity index (χ0) is 20.9. The Morgan fingerprint density at radius 3 is 2.63 bits per heavy atom. The predicted molar refractivity (Wildman–Crippen MR) is 117 cm³/mol. The summed E-state index contributed by atoms with van der Waals surface area (Å²) in [6.45, 7) is 2.11. The van der Waals surface area contributed by atoms with Crippen LogP contribution in [0.2, 0.25) is 0 Å². The van der Waals surface area contributed by atoms with Gasteiger partial charge in [0.15, 0.2) is 0 Å². The summed E-state index contributed by atoms with van der Waals surface area (Å²) in [7, 11) is 0. The molecule has 1 unspecified atom stereocenters. The second-order valence-corrected chi connectivity index (χ2v) is 8.12. The minimum atomic E-state index is -0.181. The van der Waals surface area contributed by atoms with Gasteiger partial charge < -0.3 is 15.7 Å². The van der Waals surface area contributed by atoms with Crippen molar-refractivity contribution in [2.45, 2.75) is 56.8 Å². The fourth-order valence-corrected chi connectivity index (χ4v) is 4.21. The first-order valence-corrected chi connectivity index (χ1v) is 10.6. The molecule has 0 spiro atoms. The van der Waals surface area contributed by atoms with Crippen LogP contribution >= 0.6 is 0 Å². The number of fused-ring (bicyclic) bond motifs is 1. The van der Waals surface area contributed by atoms with Gasteiger partial charge in [-0.3, -0.25) is 4.79 Å². The van der Waals surface area contributed by atoms with Crippen LogP contribution in [0.15, 0.2) is 61.1 Å². The molecule has 1 aromatic heterocycles. The molecule has 1 saturated carbocycles. The number of hydrogen-bond acceptors (Lipinski definition) is 5. The van der Waals surface area contributed by atoms with Gasteiger partial charge in [0.05, 0.1) is 17.7 Å². The lowest BCUT2D eigenvalue weighted by Crippen LogP contribution is -2.47. The van der Waals surface area contributed by atoms with E-state index >= 15 is 0 Å². The van der Waals surface area contributed by atoms with Crippen molar-refractivity contribution in [2.24, 2.45) is 0 Å². The average molecular weight is 405 g/mol. The van der Waals surface area contributed by atoms with Crippen LogP contribution in [0.25, 0.3) is 10.9 Å². The maximum atomic E-state index is 13.1. The second kappa shape index (κ2) is 9.32. The predicted octanol–water partition coefficient (Wildman–Crippen LogP) is 3.38. The van der Waals surface area contributed by atoms with Crippen molar-refractivity contribution in [3.8, 4) is 0 Å². The van der Waals surface area contributed by atoms with E-state index < -0.39 is 0 Å². The number of rotatable bonds is 6. The van der Waals surface area contributed by atoms with E-state index in [0.717, 1.165) is 42.1 Å². The van der Waals surface area contributed by atoms with Crippen molar-refractivity contribution in [1.29, 1.82) is 0 Å². The highest BCUT2D eigenvalue weighted by molar-refractivity contribution is 5.97. The molecule has 2 aromatic carbocycles. The Morgan fingerprint density at radius 2 is 1.87 bits per heavy atom. The monoisotopic (exact) mass is 404 g/mol. The summed E-state index contributed by atoms with van der Waals surface area (Å²) in [6.07, 6.45) is 6.60. The molecule has 0 saturated heterocycles. The van der Waals surface area contributed by atoms with Crippen molar-refractivity contribution in [1.82, 2.24) is 20.6 Å². The van der Waals surface area contributed by atoms with Gasteiger partial charge in [-0.05, 0) is 50.3 Å². The molecule has 0 bridgehead atoms. The highest BCUT2D eigenvalue weighted by atomic mass is 16.3. The molecule has 0 aliphatic heterocycles. The van der Waals surface area contributed by atoms with Crippen LogP contribution < -0.4 is 10.6 Å². The van der Waals surface area contributed by atoms with Crippen LogP contribution in [-0.4, -0.2) is 39.2 Å². The van der Waals surface area contributed by atoms with Crippen molar-refractivity contribution in [3.63, 3.8) is 0 Å². The molecule has 156 valence electrons. The first-order chi connectivity index (χ1) is 14.6. The highest BCUT2D eigenvalue weighted by Gasteiger charge is 2.26. The molecule has 1 aliphatic rings. The van der Waals surface area contributed by atoms with Crippen LogP contribution in [-0.2, 0) is 0 Å². The van der Waals surface area contributed by atoms with E-state index in [1.165, 1.54) is 6.33 Å². The van der Waals surface area contributed by atoms with Crippen LogP contribution in [0.3, 0.4) is 0 Å². The van der Waals surface area contributed by atoms with E-state index in [0.29, 0.717) is 11.6 Å². The number of aromatic nitrogens is 2. The molecule has 6 nitrogen and oxygen atoms in total. The standard InChI is InChI=1S/C24H28N4O2/c1-16(27-20-9-11-21(29)12-10-20)23(17-5-3-2-4-6-17)28-24(30)18-7-8-19-14-25-15-26-22(19)13-18/h2-8,13-16,20-21,23,27,29H,9-12H2,1H3,(H,28,30)/t16?,20?,21?,23-/m0/s1. The number of hydrogen-bond donors (Lipinski definition) is 3. The van der Waals surface area contributed by atoms with Crippen molar-refractivity contribution in [3.05, 3.63) is 72.2 Å². The van der Waals surface area contributed by atoms with Gasteiger partial charge >= 0.3 is 0 Å². The van der Waals surface area contributed by atoms with E-state index in [1.54, 1.807) is 12.3 Å². The Kier molecular flexibility index (Phi) is 6.35. The van der Waals surface area contributed by atoms with Gasteiger partial charge in [0.2, 0.25) is 0 Å². The smallest absolute Gasteiger partial charge is 0.251 e. The molecule has 3 aromatic rings. The van der Waals surface area contributed by atoms with Crippen molar-refractivity contribution in [2.75, 3.05) is 0 Å². The summed E-state index contributed by atoms with van der Waals surface area (Å²) in [5.41, 5.74) is 2.39. The summed E-state index contributed by atoms with van der Waals surface area (Å²) < 4.78 is 0. The summed E-state index contributed by atoms with van der Waals surface area (Å²) in [5.74, 6) is -0.128. The Bertz CT molecular complexity index is 987. The quantitative estimate of drug-likeness (QED) is 0.586. The van der Waals surface area contributed by atoms with E-state index in [9.17, 15) is 9.90 Å². The Morgan fingerprint density at radius 1 is 1.10 bits per heavy atom. The minimum Gasteiger partial charge on any atom is -0.393 e. The maximum absolute atomic E-state index is 13.1. The zero-order valence-electron chi connectivity index (χ0n) is 17.2. The lowest BCUT2D eigenvalue weighted by Gasteiger charge is -2.33. The number of aliphatic hydroxyl groups excluding tert-OH is 1. The lowest BCUT2D eigenvalue weighted by molar-refractivity contribution is 0.0919. The molecule has 1 fully saturated rings. The number of nitrogens with zero attached hydrogens (tertiary/aromatic N) is 2. The number of carbonyl (C=O) groups is 1. The summed E-state index contributed by atoms with van der Waals surface area (Å²) in [4.78, 5) is 21.4. The first kappa shape index (κ1) is 20.4. The summed E-state index contributed by atoms with van der Waals surface area (Å²) in [5, 5.41) is 17.6. The van der Waals surface area contributed by atoms with E-state index in [2.05, 4.69) is 27.5 Å². The summed E-state index contributed by atoms with van der Waals surface area (Å²) in [6, 6.07) is 15.7. The van der Waals surface area contributed by atoms with Crippen LogP contribution in [0.1, 0.15) is 54.6 Å². The molecule has 1 aliphatic carbocycles. The summed E-state index contributed by atoms with van der Waals surface area (Å²) >= 11 is 0. The van der Waals surface area contributed by atoms with Crippen LogP contribution in [0, 0.1) is 0 Å². The van der Waals surface area contributed by atoms with E-state index in [1.807, 2.05) is 42.5 Å². The fraction of sp³-hybridized carbons (Fsp3) is 0.375. The Labute approximate surface area is 176 Å². The number of aliphatic hydroxyl groups is 1. The van der Waals surface area contributed by atoms with Gasteiger partial charge in [0.25, 0.3) is 5.91 Å². The molecule has 6 heteroatoms. The Balaban J connectivity index is 1.52. The topological polar surface area (TPSA) is 87.1 Å². The molecule has 30 heavy (non-hydrogen) atoms. The fourth-order valence-electron chi connectivity index (χ4n) is 4.21. The van der Waals surface area contributed by atoms with Crippen LogP contribution in [0.5, 0.6) is 0 Å². The van der Waals surface area contributed by atoms with Gasteiger partial charge in [0.1, 0.15) is 6.33 Å². The van der Waals surface area contributed by atoms with Crippen LogP contribution in [0.4, 0.5) is 0 Å². The van der Waals surface area contributed by atoms with Gasteiger partial charge in [0, 0.05) is 29.2 Å². The largest absolute Gasteiger partial charge is 0.393 e. The van der Waals surface area contributed by atoms with E-state index in [4.69, 9.17) is 0 Å². The Hall–Kier alpha value is -2.83. The highest BCUT2D eigenvalue weighted by Crippen LogP contribution is 2.23. The molecular weight excluding hydrogens is 376 g/mol. The van der Waals surface area contributed by atoms with Crippen molar-refractivity contribution >= 4 is 16.8 Å². The zero-order valence-corrected chi connectivity index (χ0v) is 17.2. The molecule has 1 heterocycles. The molecule has 3 N–H and O–H groups in total. The van der Waals surface area contributed by atoms with Crippen molar-refractivity contribution < 1.29 is 9.90 Å². The molecule has 0 radical (unpaired) electrons. The molecule has 4 rings (SSSR count). The minimum absolute atomic E-state index is 0.0411. The number of benzene rings is 2. The number of amides is 1. The average Bonchev–Trinajstić information content (AvgIpc) is 2.79. The lowest BCUT2D eigenvalue weighted by atomic mass is 9.91. The third-order valence-corrected chi connectivity index (χ3v) is 5.91. The molecule has 1 amide bonds. The molecular formula is C24H28N4O2. The molecule has 2 atom stereocenters. The van der Waals surface area contributed by atoms with Gasteiger partial charge in [-0.15, -0.1) is 0 Å². The van der Waals surface area contributed by atoms with E-state index in [-0.39, 0.29) is 24.1 Å². The first-order valence-electron chi connectivity index (χ1n) is 10.6. The van der Waals surface area contributed by atoms with Gasteiger partial charge in [-0.2, -0.15) is 0 Å².